The van der Waals surface area contributed by atoms with Crippen LogP contribution >= 0.6 is 0 Å². The van der Waals surface area contributed by atoms with E-state index in [0.29, 0.717) is 5.75 Å². The van der Waals surface area contributed by atoms with Crippen molar-refractivity contribution in [2.75, 3.05) is 0 Å². The molecule has 160 valence electrons. The van der Waals surface area contributed by atoms with Gasteiger partial charge in [0.2, 0.25) is 0 Å². The first kappa shape index (κ1) is 27.0. The van der Waals surface area contributed by atoms with Crippen molar-refractivity contribution < 1.29 is 52.4 Å². The fourth-order valence-corrected chi connectivity index (χ4v) is 3.84. The van der Waals surface area contributed by atoms with Crippen LogP contribution in [0.15, 0.2) is 47.4 Å². The maximum atomic E-state index is 11.5. The second kappa shape index (κ2) is 14.1. The van der Waals surface area contributed by atoms with Crippen LogP contribution in [0.1, 0.15) is 70.3 Å². The Bertz CT molecular complexity index is 850. The van der Waals surface area contributed by atoms with Crippen molar-refractivity contribution in [3.8, 4) is 17.2 Å². The van der Waals surface area contributed by atoms with Crippen LogP contribution in [0.2, 0.25) is 0 Å². The number of hydrogen-bond donors (Lipinski definition) is 1. The minimum Gasteiger partial charge on any atom is -0.872 e. The van der Waals surface area contributed by atoms with Crippen LogP contribution in [0, 0.1) is 0 Å². The number of aryl methyl sites for hydroxylation is 1. The zero-order valence-electron chi connectivity index (χ0n) is 18.1. The Hall–Kier alpha value is -1.05. The quantitative estimate of drug-likeness (QED) is 0.293. The minimum absolute atomic E-state index is 0. The third-order valence-corrected chi connectivity index (χ3v) is 5.80. The second-order valence-corrected chi connectivity index (χ2v) is 8.80. The number of ether oxygens (including phenoxy) is 1. The number of hydrogen-bond acceptors (Lipinski definition) is 4. The average molecular weight is 443 g/mol. The van der Waals surface area contributed by atoms with Crippen LogP contribution < -0.4 is 39.4 Å². The third-order valence-electron chi connectivity index (χ3n) is 4.92. The molecule has 0 radical (unpaired) electrons. The van der Waals surface area contributed by atoms with E-state index in [1.807, 2.05) is 24.3 Å². The van der Waals surface area contributed by atoms with E-state index in [9.17, 15) is 13.5 Å². The Balaban J connectivity index is 0.00000450. The molecular formula is C23H31NaO5S. The topological polar surface area (TPSA) is 86.7 Å². The maximum absolute atomic E-state index is 11.5. The molecule has 2 aromatic carbocycles. The van der Waals surface area contributed by atoms with E-state index in [2.05, 4.69) is 6.92 Å². The van der Waals surface area contributed by atoms with Crippen molar-refractivity contribution in [2.24, 2.45) is 0 Å². The number of unbranched alkanes of at least 4 members (excludes halogenated alkanes) is 8. The van der Waals surface area contributed by atoms with Gasteiger partial charge in [-0.2, -0.15) is 8.42 Å². The minimum atomic E-state index is -4.57. The summed E-state index contributed by atoms with van der Waals surface area (Å²) in [4.78, 5) is -0.683. The van der Waals surface area contributed by atoms with Gasteiger partial charge in [0.05, 0.1) is 4.90 Å². The Morgan fingerprint density at radius 3 is 1.93 bits per heavy atom. The summed E-state index contributed by atoms with van der Waals surface area (Å²) in [5.41, 5.74) is 1.23. The summed E-state index contributed by atoms with van der Waals surface area (Å²) in [6, 6.07) is 11.1. The largest absolute Gasteiger partial charge is 1.00 e. The van der Waals surface area contributed by atoms with Crippen molar-refractivity contribution in [3.05, 3.63) is 48.0 Å². The molecular weight excluding hydrogens is 411 g/mol. The van der Waals surface area contributed by atoms with Crippen LogP contribution in [0.25, 0.3) is 0 Å². The van der Waals surface area contributed by atoms with E-state index in [-0.39, 0.29) is 35.3 Å². The summed E-state index contributed by atoms with van der Waals surface area (Å²) in [7, 11) is -4.57. The fourth-order valence-electron chi connectivity index (χ4n) is 3.25. The van der Waals surface area contributed by atoms with E-state index in [1.165, 1.54) is 63.0 Å². The van der Waals surface area contributed by atoms with Gasteiger partial charge in [-0.05, 0) is 36.6 Å². The monoisotopic (exact) mass is 442 g/mol. The first-order valence-corrected chi connectivity index (χ1v) is 11.9. The van der Waals surface area contributed by atoms with Crippen LogP contribution in [0.5, 0.6) is 17.2 Å². The van der Waals surface area contributed by atoms with Crippen molar-refractivity contribution in [1.82, 2.24) is 0 Å². The van der Waals surface area contributed by atoms with Gasteiger partial charge in [-0.3, -0.25) is 4.55 Å². The van der Waals surface area contributed by atoms with Gasteiger partial charge >= 0.3 is 29.6 Å². The van der Waals surface area contributed by atoms with E-state index >= 15 is 0 Å². The molecule has 7 heteroatoms. The molecule has 2 aromatic rings. The SMILES string of the molecule is CCCCCCCCCCCc1ccc(Oc2ccc([O-])c(S(=O)(=O)O)c2)cc1.[Na+]. The van der Waals surface area contributed by atoms with Gasteiger partial charge in [0.15, 0.2) is 0 Å². The average Bonchev–Trinajstić information content (AvgIpc) is 2.68. The Morgan fingerprint density at radius 1 is 0.833 bits per heavy atom. The maximum Gasteiger partial charge on any atom is 1.00 e. The van der Waals surface area contributed by atoms with Gasteiger partial charge in [0, 0.05) is 6.07 Å². The summed E-state index contributed by atoms with van der Waals surface area (Å²) >= 11 is 0. The van der Waals surface area contributed by atoms with Gasteiger partial charge in [0.1, 0.15) is 11.5 Å². The first-order valence-electron chi connectivity index (χ1n) is 10.5. The number of benzene rings is 2. The summed E-state index contributed by atoms with van der Waals surface area (Å²) < 4.78 is 37.2. The molecule has 0 spiro atoms. The zero-order chi connectivity index (χ0) is 21.1. The predicted octanol–water partition coefficient (Wildman–Crippen LogP) is 2.88. The Labute approximate surface area is 202 Å². The molecule has 0 saturated heterocycles. The van der Waals surface area contributed by atoms with Gasteiger partial charge in [-0.15, -0.1) is 0 Å². The second-order valence-electron chi connectivity index (χ2n) is 7.41. The molecule has 0 aromatic heterocycles. The van der Waals surface area contributed by atoms with E-state index < -0.39 is 20.8 Å². The van der Waals surface area contributed by atoms with E-state index in [0.717, 1.165) is 25.0 Å². The summed E-state index contributed by atoms with van der Waals surface area (Å²) in [5.74, 6) is -0.0409. The molecule has 1 N–H and O–H groups in total. The number of rotatable bonds is 13. The third kappa shape index (κ3) is 9.84. The van der Waals surface area contributed by atoms with Crippen LogP contribution in [0.4, 0.5) is 0 Å². The standard InChI is InChI=1S/C23H32O5S.Na/c1-2-3-4-5-6-7-8-9-10-11-19-12-14-20(15-13-19)28-21-16-17-22(24)23(18-21)29(25,26)27;/h12-18,24H,2-11H2,1H3,(H,25,26,27);/q;+1/p-1. The molecule has 0 aliphatic heterocycles. The molecule has 0 aliphatic carbocycles. The van der Waals surface area contributed by atoms with E-state index in [1.54, 1.807) is 0 Å². The fraction of sp³-hybridized carbons (Fsp3) is 0.478. The van der Waals surface area contributed by atoms with Crippen molar-refractivity contribution in [1.29, 1.82) is 0 Å². The summed E-state index contributed by atoms with van der Waals surface area (Å²) in [6.07, 6.45) is 12.8. The van der Waals surface area contributed by atoms with Crippen molar-refractivity contribution in [3.63, 3.8) is 0 Å². The summed E-state index contributed by atoms with van der Waals surface area (Å²) in [5, 5.41) is 11.5. The molecule has 0 bridgehead atoms. The molecule has 0 atom stereocenters. The van der Waals surface area contributed by atoms with Crippen molar-refractivity contribution in [2.45, 2.75) is 76.0 Å². The first-order chi connectivity index (χ1) is 13.9. The van der Waals surface area contributed by atoms with Gasteiger partial charge in [-0.1, -0.05) is 82.2 Å². The van der Waals surface area contributed by atoms with Crippen LogP contribution in [-0.4, -0.2) is 13.0 Å². The van der Waals surface area contributed by atoms with Crippen LogP contribution in [-0.2, 0) is 16.5 Å². The Kier molecular flexibility index (Phi) is 12.7. The molecule has 2 rings (SSSR count). The molecule has 0 saturated carbocycles. The molecule has 0 unspecified atom stereocenters. The van der Waals surface area contributed by atoms with E-state index in [4.69, 9.17) is 9.29 Å². The molecule has 5 nitrogen and oxygen atoms in total. The normalized spacial score (nSPS) is 11.1. The van der Waals surface area contributed by atoms with Crippen LogP contribution in [0.3, 0.4) is 0 Å². The summed E-state index contributed by atoms with van der Waals surface area (Å²) in [6.45, 7) is 2.24. The smallest absolute Gasteiger partial charge is 0.872 e. The molecule has 0 aliphatic rings. The van der Waals surface area contributed by atoms with Gasteiger partial charge in [0.25, 0.3) is 10.1 Å². The molecule has 0 fully saturated rings. The van der Waals surface area contributed by atoms with Gasteiger partial charge in [-0.25, -0.2) is 0 Å². The van der Waals surface area contributed by atoms with Crippen molar-refractivity contribution >= 4 is 10.1 Å². The Morgan fingerprint density at radius 2 is 1.37 bits per heavy atom. The zero-order valence-corrected chi connectivity index (χ0v) is 20.9. The predicted molar refractivity (Wildman–Crippen MR) is 113 cm³/mol. The van der Waals surface area contributed by atoms with Gasteiger partial charge < -0.3 is 9.84 Å². The molecule has 0 amide bonds. The molecule has 0 heterocycles. The molecule has 30 heavy (non-hydrogen) atoms.